The second-order valence-corrected chi connectivity index (χ2v) is 8.05. The average molecular weight is 430 g/mol. The third-order valence-corrected chi connectivity index (χ3v) is 6.13. The molecule has 0 bridgehead atoms. The Morgan fingerprint density at radius 2 is 1.93 bits per heavy atom. The van der Waals surface area contributed by atoms with Crippen LogP contribution in [0, 0.1) is 0 Å². The van der Waals surface area contributed by atoms with Gasteiger partial charge < -0.3 is 15.5 Å². The summed E-state index contributed by atoms with van der Waals surface area (Å²) >= 11 is 7.34. The van der Waals surface area contributed by atoms with Crippen molar-refractivity contribution >= 4 is 35.0 Å². The van der Waals surface area contributed by atoms with Gasteiger partial charge in [-0.1, -0.05) is 42.4 Å². The number of aromatic nitrogens is 3. The standard InChI is InChI=1S/C20H20ClN5O2S/c1-3-16-23-24-20-26(16)25-17(12-4-10-15(28-2)11-5-12)18(29-20)19(27)22-14-8-6-13(21)7-9-14/h4-11,17-18,25H,3H2,1-2H3,(H,22,27)/t17-,18-/m0/s1. The highest BCUT2D eigenvalue weighted by Gasteiger charge is 2.37. The molecule has 1 aromatic heterocycles. The fraction of sp³-hybridized carbons (Fsp3) is 0.250. The molecule has 0 radical (unpaired) electrons. The van der Waals surface area contributed by atoms with Gasteiger partial charge in [-0.3, -0.25) is 4.79 Å². The lowest BCUT2D eigenvalue weighted by Crippen LogP contribution is -2.41. The molecule has 7 nitrogen and oxygen atoms in total. The summed E-state index contributed by atoms with van der Waals surface area (Å²) in [6.45, 7) is 2.02. The van der Waals surface area contributed by atoms with Gasteiger partial charge in [0.05, 0.1) is 13.2 Å². The maximum absolute atomic E-state index is 13.2. The van der Waals surface area contributed by atoms with E-state index in [-0.39, 0.29) is 11.9 Å². The number of aryl methyl sites for hydroxylation is 1. The molecule has 1 aliphatic rings. The minimum absolute atomic E-state index is 0.127. The van der Waals surface area contributed by atoms with Gasteiger partial charge in [-0.2, -0.15) is 0 Å². The quantitative estimate of drug-likeness (QED) is 0.640. The van der Waals surface area contributed by atoms with Crippen LogP contribution in [-0.2, 0) is 11.2 Å². The van der Waals surface area contributed by atoms with Crippen LogP contribution in [0.1, 0.15) is 24.4 Å². The summed E-state index contributed by atoms with van der Waals surface area (Å²) < 4.78 is 7.13. The highest BCUT2D eigenvalue weighted by Crippen LogP contribution is 2.38. The number of hydrogen-bond donors (Lipinski definition) is 2. The third kappa shape index (κ3) is 4.04. The first-order valence-electron chi connectivity index (χ1n) is 9.17. The first-order valence-corrected chi connectivity index (χ1v) is 10.4. The molecule has 0 unspecified atom stereocenters. The van der Waals surface area contributed by atoms with E-state index in [1.165, 1.54) is 11.8 Å². The summed E-state index contributed by atoms with van der Waals surface area (Å²) in [7, 11) is 1.63. The van der Waals surface area contributed by atoms with E-state index < -0.39 is 5.25 Å². The van der Waals surface area contributed by atoms with Gasteiger partial charge in [0.1, 0.15) is 11.0 Å². The smallest absolute Gasteiger partial charge is 0.240 e. The molecule has 2 aromatic carbocycles. The van der Waals surface area contributed by atoms with E-state index in [1.807, 2.05) is 35.9 Å². The van der Waals surface area contributed by atoms with Gasteiger partial charge in [0.2, 0.25) is 11.1 Å². The summed E-state index contributed by atoms with van der Waals surface area (Å²) in [6.07, 6.45) is 0.734. The minimum atomic E-state index is -0.444. The van der Waals surface area contributed by atoms with Crippen LogP contribution in [0.5, 0.6) is 5.75 Å². The van der Waals surface area contributed by atoms with Gasteiger partial charge in [0.25, 0.3) is 0 Å². The number of benzene rings is 2. The zero-order valence-electron chi connectivity index (χ0n) is 15.9. The van der Waals surface area contributed by atoms with Crippen LogP contribution >= 0.6 is 23.4 Å². The molecule has 2 atom stereocenters. The lowest BCUT2D eigenvalue weighted by molar-refractivity contribution is -0.116. The van der Waals surface area contributed by atoms with Gasteiger partial charge in [0, 0.05) is 17.1 Å². The Kier molecular flexibility index (Phi) is 5.64. The van der Waals surface area contributed by atoms with Crippen molar-refractivity contribution in [2.45, 2.75) is 29.8 Å². The monoisotopic (exact) mass is 429 g/mol. The number of thioether (sulfide) groups is 1. The predicted molar refractivity (Wildman–Crippen MR) is 114 cm³/mol. The molecule has 3 aromatic rings. The van der Waals surface area contributed by atoms with E-state index >= 15 is 0 Å². The summed E-state index contributed by atoms with van der Waals surface area (Å²) in [4.78, 5) is 13.2. The van der Waals surface area contributed by atoms with Crippen molar-refractivity contribution in [1.82, 2.24) is 14.9 Å². The number of ether oxygens (including phenoxy) is 1. The van der Waals surface area contributed by atoms with Crippen molar-refractivity contribution in [3.8, 4) is 5.75 Å². The topological polar surface area (TPSA) is 81.1 Å². The fourth-order valence-electron chi connectivity index (χ4n) is 3.14. The van der Waals surface area contributed by atoms with E-state index in [4.69, 9.17) is 16.3 Å². The normalized spacial score (nSPS) is 17.9. The first kappa shape index (κ1) is 19.6. The van der Waals surface area contributed by atoms with Crippen LogP contribution in [-0.4, -0.2) is 33.1 Å². The lowest BCUT2D eigenvalue weighted by atomic mass is 10.0. The van der Waals surface area contributed by atoms with Crippen molar-refractivity contribution in [2.24, 2.45) is 0 Å². The van der Waals surface area contributed by atoms with Crippen molar-refractivity contribution in [2.75, 3.05) is 17.9 Å². The number of anilines is 1. The number of fused-ring (bicyclic) bond motifs is 1. The summed E-state index contributed by atoms with van der Waals surface area (Å²) in [5.41, 5.74) is 5.08. The zero-order chi connectivity index (χ0) is 20.4. The van der Waals surface area contributed by atoms with Crippen molar-refractivity contribution in [3.63, 3.8) is 0 Å². The van der Waals surface area contributed by atoms with E-state index in [2.05, 4.69) is 20.9 Å². The number of nitrogens with one attached hydrogen (secondary N) is 2. The molecule has 0 saturated heterocycles. The van der Waals surface area contributed by atoms with Crippen LogP contribution in [0.2, 0.25) is 5.02 Å². The molecule has 0 saturated carbocycles. The lowest BCUT2D eigenvalue weighted by Gasteiger charge is -2.33. The van der Waals surface area contributed by atoms with Crippen LogP contribution in [0.4, 0.5) is 5.69 Å². The molecule has 2 N–H and O–H groups in total. The number of carbonyl (C=O) groups excluding carboxylic acids is 1. The summed E-state index contributed by atoms with van der Waals surface area (Å²) in [5.74, 6) is 1.46. The number of methoxy groups -OCH3 is 1. The Morgan fingerprint density at radius 3 is 2.59 bits per heavy atom. The molecule has 1 aliphatic heterocycles. The van der Waals surface area contributed by atoms with E-state index in [0.717, 1.165) is 23.6 Å². The van der Waals surface area contributed by atoms with E-state index in [9.17, 15) is 4.79 Å². The number of amides is 1. The number of hydrogen-bond acceptors (Lipinski definition) is 6. The summed E-state index contributed by atoms with van der Waals surface area (Å²) in [5, 5.41) is 12.3. The number of carbonyl (C=O) groups is 1. The molecule has 4 rings (SSSR count). The van der Waals surface area contributed by atoms with Crippen molar-refractivity contribution in [1.29, 1.82) is 0 Å². The predicted octanol–water partition coefficient (Wildman–Crippen LogP) is 3.90. The highest BCUT2D eigenvalue weighted by atomic mass is 35.5. The number of halogens is 1. The van der Waals surface area contributed by atoms with Gasteiger partial charge in [0.15, 0.2) is 5.82 Å². The number of rotatable bonds is 5. The molecular formula is C20H20ClN5O2S. The van der Waals surface area contributed by atoms with Crippen molar-refractivity contribution < 1.29 is 9.53 Å². The summed E-state index contributed by atoms with van der Waals surface area (Å²) in [6, 6.07) is 14.5. The molecule has 29 heavy (non-hydrogen) atoms. The maximum atomic E-state index is 13.2. The van der Waals surface area contributed by atoms with Crippen molar-refractivity contribution in [3.05, 3.63) is 64.9 Å². The van der Waals surface area contributed by atoms with Gasteiger partial charge in [-0.05, 0) is 42.0 Å². The SMILES string of the molecule is CCc1nnc2n1N[C@@H](c1ccc(OC)cc1)[C@@H](C(=O)Nc1ccc(Cl)cc1)S2. The zero-order valence-corrected chi connectivity index (χ0v) is 17.5. The highest BCUT2D eigenvalue weighted by molar-refractivity contribution is 8.00. The molecule has 0 aliphatic carbocycles. The number of nitrogens with zero attached hydrogens (tertiary/aromatic N) is 3. The van der Waals surface area contributed by atoms with Gasteiger partial charge in [-0.25, -0.2) is 4.68 Å². The molecular weight excluding hydrogens is 410 g/mol. The van der Waals surface area contributed by atoms with Crippen LogP contribution < -0.4 is 15.5 Å². The first-order chi connectivity index (χ1) is 14.1. The largest absolute Gasteiger partial charge is 0.497 e. The van der Waals surface area contributed by atoms with Crippen LogP contribution in [0.25, 0.3) is 0 Å². The molecule has 9 heteroatoms. The van der Waals surface area contributed by atoms with Gasteiger partial charge >= 0.3 is 0 Å². The Morgan fingerprint density at radius 1 is 1.21 bits per heavy atom. The Labute approximate surface area is 177 Å². The Bertz CT molecular complexity index is 1010. The maximum Gasteiger partial charge on any atom is 0.240 e. The Balaban J connectivity index is 1.65. The van der Waals surface area contributed by atoms with E-state index in [0.29, 0.717) is 15.9 Å². The fourth-order valence-corrected chi connectivity index (χ4v) is 4.36. The van der Waals surface area contributed by atoms with Crippen LogP contribution in [0.3, 0.4) is 0 Å². The Hall–Kier alpha value is -2.71. The minimum Gasteiger partial charge on any atom is -0.497 e. The van der Waals surface area contributed by atoms with Gasteiger partial charge in [-0.15, -0.1) is 10.2 Å². The molecule has 150 valence electrons. The third-order valence-electron chi connectivity index (χ3n) is 4.67. The van der Waals surface area contributed by atoms with E-state index in [1.54, 1.807) is 31.4 Å². The molecule has 0 spiro atoms. The van der Waals surface area contributed by atoms with Crippen LogP contribution in [0.15, 0.2) is 53.7 Å². The molecule has 1 amide bonds. The second-order valence-electron chi connectivity index (χ2n) is 6.50. The average Bonchev–Trinajstić information content (AvgIpc) is 3.16. The molecule has 0 fully saturated rings. The molecule has 2 heterocycles. The second kappa shape index (κ2) is 8.34.